The molecule has 122 valence electrons. The van der Waals surface area contributed by atoms with Gasteiger partial charge in [0.15, 0.2) is 5.11 Å². The van der Waals surface area contributed by atoms with E-state index in [0.29, 0.717) is 17.2 Å². The van der Waals surface area contributed by atoms with E-state index in [1.165, 1.54) is 7.11 Å². The zero-order valence-electron chi connectivity index (χ0n) is 13.4. The van der Waals surface area contributed by atoms with Gasteiger partial charge in [0.1, 0.15) is 0 Å². The molecule has 2 N–H and O–H groups in total. The summed E-state index contributed by atoms with van der Waals surface area (Å²) in [5, 5.41) is 11.0. The van der Waals surface area contributed by atoms with Crippen LogP contribution in [0.25, 0.3) is 0 Å². The Balaban J connectivity index is 2.08. The van der Waals surface area contributed by atoms with Crippen molar-refractivity contribution in [3.8, 4) is 0 Å². The van der Waals surface area contributed by atoms with Crippen LogP contribution in [-0.4, -0.2) is 34.0 Å². The highest BCUT2D eigenvalue weighted by Crippen LogP contribution is 2.13. The molecule has 0 saturated heterocycles. The fraction of sp³-hybridized carbons (Fsp3) is 0.312. The summed E-state index contributed by atoms with van der Waals surface area (Å²) < 4.78 is 6.54. The number of hydrogen-bond donors (Lipinski definition) is 2. The molecule has 2 rings (SSSR count). The zero-order chi connectivity index (χ0) is 16.8. The van der Waals surface area contributed by atoms with Crippen LogP contribution in [0.5, 0.6) is 0 Å². The molecule has 0 atom stereocenters. The number of esters is 1. The van der Waals surface area contributed by atoms with E-state index < -0.39 is 0 Å². The second kappa shape index (κ2) is 7.73. The number of nitrogens with zero attached hydrogens (tertiary/aromatic N) is 2. The number of aromatic nitrogens is 2. The summed E-state index contributed by atoms with van der Waals surface area (Å²) >= 11 is 5.20. The van der Waals surface area contributed by atoms with Crippen molar-refractivity contribution in [1.29, 1.82) is 0 Å². The van der Waals surface area contributed by atoms with E-state index in [1.807, 2.05) is 38.2 Å². The van der Waals surface area contributed by atoms with E-state index in [0.717, 1.165) is 11.3 Å². The lowest BCUT2D eigenvalue weighted by Gasteiger charge is -2.11. The van der Waals surface area contributed by atoms with Crippen LogP contribution in [-0.2, 0) is 11.3 Å². The van der Waals surface area contributed by atoms with Crippen LogP contribution in [0.3, 0.4) is 0 Å². The van der Waals surface area contributed by atoms with Crippen molar-refractivity contribution in [2.24, 2.45) is 0 Å². The van der Waals surface area contributed by atoms with Crippen LogP contribution in [0, 0.1) is 0 Å². The van der Waals surface area contributed by atoms with Gasteiger partial charge in [0.05, 0.1) is 31.1 Å². The predicted octanol–water partition coefficient (Wildman–Crippen LogP) is 2.41. The minimum absolute atomic E-state index is 0.261. The van der Waals surface area contributed by atoms with E-state index in [-0.39, 0.29) is 12.0 Å². The number of nitrogens with one attached hydrogen (secondary N) is 2. The Labute approximate surface area is 140 Å². The van der Waals surface area contributed by atoms with E-state index >= 15 is 0 Å². The molecule has 7 heteroatoms. The molecule has 0 aliphatic heterocycles. The summed E-state index contributed by atoms with van der Waals surface area (Å²) in [6, 6.07) is 7.57. The van der Waals surface area contributed by atoms with Gasteiger partial charge >= 0.3 is 5.97 Å². The van der Waals surface area contributed by atoms with Crippen LogP contribution in [0.1, 0.15) is 29.8 Å². The van der Waals surface area contributed by atoms with Gasteiger partial charge in [0, 0.05) is 12.2 Å². The zero-order valence-corrected chi connectivity index (χ0v) is 14.2. The molecule has 23 heavy (non-hydrogen) atoms. The number of hydrogen-bond acceptors (Lipinski definition) is 4. The molecular weight excluding hydrogens is 312 g/mol. The lowest BCUT2D eigenvalue weighted by atomic mass is 10.1. The number of carbonyl (C=O) groups is 1. The SMILES string of the molecule is COC(=O)c1ccccc1Cn1cc(NC(=S)NC(C)C)cn1. The number of thiocarbonyl (C=S) groups is 1. The topological polar surface area (TPSA) is 68.2 Å². The Kier molecular flexibility index (Phi) is 5.70. The van der Waals surface area contributed by atoms with Crippen LogP contribution in [0.4, 0.5) is 5.69 Å². The minimum Gasteiger partial charge on any atom is -0.465 e. The van der Waals surface area contributed by atoms with Crippen molar-refractivity contribution in [3.05, 3.63) is 47.8 Å². The first-order valence-corrected chi connectivity index (χ1v) is 7.66. The van der Waals surface area contributed by atoms with Crippen LogP contribution in [0.15, 0.2) is 36.7 Å². The van der Waals surface area contributed by atoms with Gasteiger partial charge in [-0.05, 0) is 37.7 Å². The van der Waals surface area contributed by atoms with Gasteiger partial charge in [-0.1, -0.05) is 18.2 Å². The molecule has 0 amide bonds. The maximum Gasteiger partial charge on any atom is 0.338 e. The predicted molar refractivity (Wildman–Crippen MR) is 93.6 cm³/mol. The average Bonchev–Trinajstić information content (AvgIpc) is 2.93. The van der Waals surface area contributed by atoms with Gasteiger partial charge in [-0.15, -0.1) is 0 Å². The maximum atomic E-state index is 11.8. The van der Waals surface area contributed by atoms with Gasteiger partial charge in [-0.3, -0.25) is 4.68 Å². The molecule has 0 aliphatic carbocycles. The normalized spacial score (nSPS) is 10.4. The Bertz CT molecular complexity index is 697. The van der Waals surface area contributed by atoms with Crippen LogP contribution in [0.2, 0.25) is 0 Å². The number of methoxy groups -OCH3 is 1. The molecule has 1 heterocycles. The molecule has 6 nitrogen and oxygen atoms in total. The lowest BCUT2D eigenvalue weighted by Crippen LogP contribution is -2.33. The summed E-state index contributed by atoms with van der Waals surface area (Å²) in [6.45, 7) is 4.50. The minimum atomic E-state index is -0.353. The number of rotatable bonds is 5. The van der Waals surface area contributed by atoms with Crippen molar-refractivity contribution in [1.82, 2.24) is 15.1 Å². The quantitative estimate of drug-likeness (QED) is 0.647. The molecule has 0 aliphatic rings. The van der Waals surface area contributed by atoms with Crippen molar-refractivity contribution in [2.75, 3.05) is 12.4 Å². The third kappa shape index (κ3) is 4.79. The Hall–Kier alpha value is -2.41. The highest BCUT2D eigenvalue weighted by molar-refractivity contribution is 7.80. The molecule has 0 fully saturated rings. The fourth-order valence-corrected chi connectivity index (χ4v) is 2.44. The third-order valence-corrected chi connectivity index (χ3v) is 3.29. The monoisotopic (exact) mass is 332 g/mol. The summed E-state index contributed by atoms with van der Waals surface area (Å²) in [4.78, 5) is 11.8. The molecule has 0 bridgehead atoms. The number of benzene rings is 1. The largest absolute Gasteiger partial charge is 0.465 e. The molecule has 0 unspecified atom stereocenters. The fourth-order valence-electron chi connectivity index (χ4n) is 2.09. The number of ether oxygens (including phenoxy) is 1. The van der Waals surface area contributed by atoms with Crippen LogP contribution < -0.4 is 10.6 Å². The maximum absolute atomic E-state index is 11.8. The molecule has 2 aromatic rings. The van der Waals surface area contributed by atoms with Gasteiger partial charge in [-0.2, -0.15) is 5.10 Å². The standard InChI is InChI=1S/C16H20N4O2S/c1-11(2)18-16(23)19-13-8-17-20(10-13)9-12-6-4-5-7-14(12)15(21)22-3/h4-8,10-11H,9H2,1-3H3,(H2,18,19,23). The molecule has 0 spiro atoms. The highest BCUT2D eigenvalue weighted by atomic mass is 32.1. The first-order chi connectivity index (χ1) is 11.0. The smallest absolute Gasteiger partial charge is 0.338 e. The molecule has 0 radical (unpaired) electrons. The Morgan fingerprint density at radius 2 is 2.13 bits per heavy atom. The summed E-state index contributed by atoms with van der Waals surface area (Å²) in [6.07, 6.45) is 3.53. The summed E-state index contributed by atoms with van der Waals surface area (Å²) in [7, 11) is 1.37. The molecule has 1 aromatic heterocycles. The first-order valence-electron chi connectivity index (χ1n) is 7.25. The van der Waals surface area contributed by atoms with Gasteiger partial charge in [-0.25, -0.2) is 4.79 Å². The van der Waals surface area contributed by atoms with Gasteiger partial charge in [0.2, 0.25) is 0 Å². The first kappa shape index (κ1) is 17.0. The van der Waals surface area contributed by atoms with Crippen molar-refractivity contribution in [3.63, 3.8) is 0 Å². The van der Waals surface area contributed by atoms with Gasteiger partial charge < -0.3 is 15.4 Å². The lowest BCUT2D eigenvalue weighted by molar-refractivity contribution is 0.0599. The van der Waals surface area contributed by atoms with Crippen LogP contribution >= 0.6 is 12.2 Å². The third-order valence-electron chi connectivity index (χ3n) is 3.07. The molecular formula is C16H20N4O2S. The molecule has 1 aromatic carbocycles. The number of anilines is 1. The average molecular weight is 332 g/mol. The van der Waals surface area contributed by atoms with E-state index in [4.69, 9.17) is 17.0 Å². The Morgan fingerprint density at radius 1 is 1.39 bits per heavy atom. The number of carbonyl (C=O) groups excluding carboxylic acids is 1. The van der Waals surface area contributed by atoms with Gasteiger partial charge in [0.25, 0.3) is 0 Å². The van der Waals surface area contributed by atoms with E-state index in [9.17, 15) is 4.79 Å². The van der Waals surface area contributed by atoms with Crippen molar-refractivity contribution >= 4 is 29.0 Å². The van der Waals surface area contributed by atoms with Crippen molar-refractivity contribution in [2.45, 2.75) is 26.4 Å². The second-order valence-corrected chi connectivity index (χ2v) is 5.74. The molecule has 0 saturated carbocycles. The van der Waals surface area contributed by atoms with E-state index in [1.54, 1.807) is 16.9 Å². The summed E-state index contributed by atoms with van der Waals surface area (Å²) in [5.41, 5.74) is 2.17. The van der Waals surface area contributed by atoms with Crippen molar-refractivity contribution < 1.29 is 9.53 Å². The van der Waals surface area contributed by atoms with E-state index in [2.05, 4.69) is 15.7 Å². The highest BCUT2D eigenvalue weighted by Gasteiger charge is 2.12. The second-order valence-electron chi connectivity index (χ2n) is 5.33. The summed E-state index contributed by atoms with van der Waals surface area (Å²) in [5.74, 6) is -0.353. The Morgan fingerprint density at radius 3 is 2.83 bits per heavy atom.